The second-order valence-electron chi connectivity index (χ2n) is 16.4. The number of benzene rings is 2. The van der Waals surface area contributed by atoms with Crippen LogP contribution in [-0.2, 0) is 39.8 Å². The molecule has 4 N–H and O–H groups in total. The van der Waals surface area contributed by atoms with Crippen molar-refractivity contribution >= 4 is 46.2 Å². The zero-order valence-electron chi connectivity index (χ0n) is 39.0. The molecule has 0 saturated heterocycles. The number of rotatable bonds is 17. The maximum absolute atomic E-state index is 12.6. The summed E-state index contributed by atoms with van der Waals surface area (Å²) in [5.74, 6) is 1.28. The molecule has 0 radical (unpaired) electrons. The fourth-order valence-electron chi connectivity index (χ4n) is 7.96. The molecule has 0 aliphatic rings. The molecule has 6 aromatic heterocycles. The number of nitrogens with two attached hydrogens (primary N) is 2. The lowest BCUT2D eigenvalue weighted by Gasteiger charge is -2.14. The van der Waals surface area contributed by atoms with E-state index < -0.39 is 0 Å². The smallest absolute Gasteiger partial charge is 0.274 e. The third kappa shape index (κ3) is 10.7. The number of Topliss-reactive ketones (excluding diaryl/α,β-unsaturated/α-hetero) is 1. The first-order chi connectivity index (χ1) is 32.2. The van der Waals surface area contributed by atoms with Gasteiger partial charge in [-0.25, -0.2) is 9.97 Å². The minimum atomic E-state index is -0.121. The normalized spacial score (nSPS) is 11.3. The van der Waals surface area contributed by atoms with Crippen LogP contribution >= 0.6 is 23.2 Å². The Morgan fingerprint density at radius 3 is 1.54 bits per heavy atom. The van der Waals surface area contributed by atoms with Crippen LogP contribution in [0.4, 0.5) is 0 Å². The Hall–Kier alpha value is -6.52. The van der Waals surface area contributed by atoms with Gasteiger partial charge in [0.25, 0.3) is 5.91 Å². The predicted octanol–water partition coefficient (Wildman–Crippen LogP) is 7.93. The summed E-state index contributed by atoms with van der Waals surface area (Å²) in [4.78, 5) is 35.3. The second kappa shape index (κ2) is 21.4. The molecule has 17 heteroatoms. The number of nitrogens with zero attached hydrogens (tertiary/aromatic N) is 9. The molecule has 2 aromatic carbocycles. The highest BCUT2D eigenvalue weighted by atomic mass is 35.5. The average Bonchev–Trinajstić information content (AvgIpc) is 4.07. The van der Waals surface area contributed by atoms with Gasteiger partial charge in [0.05, 0.1) is 13.2 Å². The Labute approximate surface area is 400 Å². The van der Waals surface area contributed by atoms with Crippen LogP contribution in [0.1, 0.15) is 68.2 Å². The van der Waals surface area contributed by atoms with Crippen LogP contribution in [0.5, 0.6) is 11.5 Å². The number of pyridine rings is 2. The monoisotopic (exact) mass is 945 g/mol. The molecule has 0 aliphatic carbocycles. The molecule has 0 saturated carbocycles. The lowest BCUT2D eigenvalue weighted by molar-refractivity contribution is 0.0819. The van der Waals surface area contributed by atoms with Crippen molar-refractivity contribution in [3.05, 3.63) is 141 Å². The van der Waals surface area contributed by atoms with E-state index >= 15 is 0 Å². The summed E-state index contributed by atoms with van der Waals surface area (Å²) in [5, 5.41) is 10.0. The van der Waals surface area contributed by atoms with Crippen LogP contribution < -0.4 is 20.9 Å². The summed E-state index contributed by atoms with van der Waals surface area (Å²) in [6, 6.07) is 19.3. The minimum absolute atomic E-state index is 0.0408. The predicted molar refractivity (Wildman–Crippen MR) is 264 cm³/mol. The molecule has 8 aromatic rings. The zero-order chi connectivity index (χ0) is 47.9. The van der Waals surface area contributed by atoms with Crippen LogP contribution in [-0.4, -0.2) is 95.3 Å². The second-order valence-corrected chi connectivity index (χ2v) is 17.3. The fraction of sp³-hybridized carbons (Fsp3) is 0.320. The number of aromatic nitrogens is 8. The number of amides is 1. The highest BCUT2D eigenvalue weighted by molar-refractivity contribution is 6.31. The van der Waals surface area contributed by atoms with Crippen LogP contribution in [0.2, 0.25) is 10.0 Å². The maximum Gasteiger partial charge on any atom is 0.274 e. The number of imidazole rings is 2. The molecule has 0 atom stereocenters. The van der Waals surface area contributed by atoms with Crippen molar-refractivity contribution in [2.24, 2.45) is 25.6 Å². The van der Waals surface area contributed by atoms with Gasteiger partial charge >= 0.3 is 0 Å². The summed E-state index contributed by atoms with van der Waals surface area (Å²) < 4.78 is 20.0. The van der Waals surface area contributed by atoms with Crippen molar-refractivity contribution in [3.8, 4) is 33.8 Å². The first-order valence-corrected chi connectivity index (χ1v) is 23.0. The Balaban J connectivity index is 0.000000199. The van der Waals surface area contributed by atoms with E-state index in [2.05, 4.69) is 29.0 Å². The van der Waals surface area contributed by atoms with E-state index in [0.29, 0.717) is 78.5 Å². The molecule has 0 unspecified atom stereocenters. The van der Waals surface area contributed by atoms with Crippen LogP contribution in [0.25, 0.3) is 33.5 Å². The lowest BCUT2D eigenvalue weighted by Crippen LogP contribution is -2.23. The molecule has 8 rings (SSSR count). The zero-order valence-corrected chi connectivity index (χ0v) is 40.5. The van der Waals surface area contributed by atoms with Crippen molar-refractivity contribution in [2.45, 2.75) is 52.9 Å². The first-order valence-electron chi connectivity index (χ1n) is 22.2. The van der Waals surface area contributed by atoms with Gasteiger partial charge in [-0.15, -0.1) is 0 Å². The minimum Gasteiger partial charge on any atom is -0.493 e. The van der Waals surface area contributed by atoms with Gasteiger partial charge < -0.3 is 34.6 Å². The van der Waals surface area contributed by atoms with Crippen molar-refractivity contribution < 1.29 is 19.1 Å². The van der Waals surface area contributed by atoms with Crippen LogP contribution in [0.15, 0.2) is 85.5 Å². The van der Waals surface area contributed by atoms with E-state index in [1.807, 2.05) is 120 Å². The number of carbonyl (C=O) groups is 2. The summed E-state index contributed by atoms with van der Waals surface area (Å²) >= 11 is 12.6. The van der Waals surface area contributed by atoms with E-state index in [4.69, 9.17) is 44.1 Å². The molecule has 0 spiro atoms. The van der Waals surface area contributed by atoms with Crippen LogP contribution in [0, 0.1) is 13.8 Å². The molecule has 15 nitrogen and oxygen atoms in total. The van der Waals surface area contributed by atoms with E-state index in [1.165, 1.54) is 4.90 Å². The van der Waals surface area contributed by atoms with Gasteiger partial charge in [-0.3, -0.25) is 19.0 Å². The van der Waals surface area contributed by atoms with Crippen LogP contribution in [0.3, 0.4) is 0 Å². The van der Waals surface area contributed by atoms with Crippen molar-refractivity contribution in [1.29, 1.82) is 0 Å². The average molecular weight is 947 g/mol. The quantitative estimate of drug-likeness (QED) is 0.0852. The number of ether oxygens (including phenoxy) is 2. The number of halogens is 2. The highest BCUT2D eigenvalue weighted by Gasteiger charge is 2.22. The maximum atomic E-state index is 12.6. The Kier molecular flexibility index (Phi) is 15.5. The molecular formula is C50H57Cl2N11O4. The molecule has 0 bridgehead atoms. The third-order valence-electron chi connectivity index (χ3n) is 11.8. The molecule has 350 valence electrons. The van der Waals surface area contributed by atoms with Gasteiger partial charge in [0.1, 0.15) is 28.5 Å². The third-order valence-corrected chi connectivity index (χ3v) is 12.3. The van der Waals surface area contributed by atoms with Gasteiger partial charge in [-0.2, -0.15) is 10.2 Å². The molecule has 6 heterocycles. The summed E-state index contributed by atoms with van der Waals surface area (Å²) in [6.07, 6.45) is 10.8. The van der Waals surface area contributed by atoms with Gasteiger partial charge in [0, 0.05) is 151 Å². The largest absolute Gasteiger partial charge is 0.493 e. The van der Waals surface area contributed by atoms with Crippen molar-refractivity contribution in [2.75, 3.05) is 40.4 Å². The topological polar surface area (TPSA) is 178 Å². The van der Waals surface area contributed by atoms with Gasteiger partial charge in [0.15, 0.2) is 11.5 Å². The Morgan fingerprint density at radius 1 is 0.657 bits per heavy atom. The number of hydrogen-bond acceptors (Lipinski definition) is 10. The number of aryl methyl sites for hydroxylation is 2. The number of carbonyl (C=O) groups excluding carboxylic acids is 2. The summed E-state index contributed by atoms with van der Waals surface area (Å²) in [6.45, 7) is 7.66. The van der Waals surface area contributed by atoms with Crippen molar-refractivity contribution in [1.82, 2.24) is 43.2 Å². The molecule has 67 heavy (non-hydrogen) atoms. The Bertz CT molecular complexity index is 3060. The summed E-state index contributed by atoms with van der Waals surface area (Å²) in [5.41, 5.74) is 23.9. The van der Waals surface area contributed by atoms with E-state index in [-0.39, 0.29) is 11.7 Å². The standard InChI is InChI=1S/C25H29ClN6O2.C25H28ClN5O2/c1-16-20(24(29-31(16)4)25(33)30(2)3)10-12-34-22-13-18(26)6-7-21(22)17-5-8-23-28-14-19(9-11-27)32(23)15-17;1-4-22(32)25-20(16(2)30(3)29-25)10-12-33-23-13-18(26)6-7-21(23)17-5-8-24-28-14-19(9-11-27)31(24)15-17/h5-8,13-15H,9-12,27H2,1-4H3;5-8,13-15H,4,9-12,27H2,1-3H3. The van der Waals surface area contributed by atoms with Crippen molar-refractivity contribution in [3.63, 3.8) is 0 Å². The van der Waals surface area contributed by atoms with Gasteiger partial charge in [0.2, 0.25) is 0 Å². The van der Waals surface area contributed by atoms with E-state index in [0.717, 1.165) is 80.3 Å². The van der Waals surface area contributed by atoms with E-state index in [9.17, 15) is 9.59 Å². The Morgan fingerprint density at radius 2 is 1.10 bits per heavy atom. The van der Waals surface area contributed by atoms with Gasteiger partial charge in [-0.1, -0.05) is 30.1 Å². The number of ketones is 1. The van der Waals surface area contributed by atoms with E-state index in [1.54, 1.807) is 23.5 Å². The molecule has 1 amide bonds. The van der Waals surface area contributed by atoms with Gasteiger partial charge in [-0.05, 0) is 87.6 Å². The lowest BCUT2D eigenvalue weighted by atomic mass is 10.1. The fourth-order valence-corrected chi connectivity index (χ4v) is 8.28. The molecular weight excluding hydrogens is 890 g/mol. The molecule has 0 aliphatic heterocycles. The first kappa shape index (κ1) is 48.4. The SMILES string of the molecule is CCC(=O)c1nn(C)c(C)c1CCOc1cc(Cl)ccc1-c1ccc2ncc(CCN)n2c1.Cc1c(CCOc2cc(Cl)ccc2-c2ccc3ncc(CCN)n3c2)c(C(=O)N(C)C)nn1C. The molecule has 0 fully saturated rings. The number of fused-ring (bicyclic) bond motifs is 2. The summed E-state index contributed by atoms with van der Waals surface area (Å²) in [7, 11) is 7.14. The highest BCUT2D eigenvalue weighted by Crippen LogP contribution is 2.35. The number of hydrogen-bond donors (Lipinski definition) is 2.